The molecule has 1 aliphatic heterocycles. The lowest BCUT2D eigenvalue weighted by Gasteiger charge is -2.21. The topological polar surface area (TPSA) is 49.4 Å². The van der Waals surface area contributed by atoms with Gasteiger partial charge in [0.15, 0.2) is 0 Å². The number of fused-ring (bicyclic) bond motifs is 1. The van der Waals surface area contributed by atoms with Gasteiger partial charge in [0, 0.05) is 34.1 Å². The van der Waals surface area contributed by atoms with Crippen LogP contribution in [0.4, 0.5) is 0 Å². The molecular formula is C15H20N2O2S2. The molecular weight excluding hydrogens is 304 g/mol. The van der Waals surface area contributed by atoms with Crippen LogP contribution in [0.5, 0.6) is 0 Å². The van der Waals surface area contributed by atoms with E-state index in [9.17, 15) is 8.42 Å². The van der Waals surface area contributed by atoms with E-state index in [1.165, 1.54) is 0 Å². The van der Waals surface area contributed by atoms with Crippen LogP contribution in [-0.2, 0) is 16.6 Å². The molecule has 1 N–H and O–H groups in total. The highest BCUT2D eigenvalue weighted by atomic mass is 32.2. The Hall–Kier alpha value is -0.950. The fraction of sp³-hybridized carbons (Fsp3) is 0.467. The smallest absolute Gasteiger partial charge is 0.245 e. The van der Waals surface area contributed by atoms with Crippen LogP contribution in [0.1, 0.15) is 24.6 Å². The van der Waals surface area contributed by atoms with Crippen LogP contribution in [0, 0.1) is 0 Å². The zero-order chi connectivity index (χ0) is 15.0. The molecule has 1 aromatic heterocycles. The van der Waals surface area contributed by atoms with Gasteiger partial charge >= 0.3 is 0 Å². The summed E-state index contributed by atoms with van der Waals surface area (Å²) in [6.07, 6.45) is 1.90. The molecule has 6 heteroatoms. The molecule has 0 aliphatic carbocycles. The van der Waals surface area contributed by atoms with Gasteiger partial charge in [0.1, 0.15) is 4.90 Å². The summed E-state index contributed by atoms with van der Waals surface area (Å²) >= 11 is 1.57. The van der Waals surface area contributed by atoms with E-state index in [4.69, 9.17) is 0 Å². The average molecular weight is 324 g/mol. The van der Waals surface area contributed by atoms with Gasteiger partial charge in [0.05, 0.1) is 0 Å². The molecule has 1 unspecified atom stereocenters. The van der Waals surface area contributed by atoms with Crippen LogP contribution >= 0.6 is 11.3 Å². The normalized spacial score (nSPS) is 20.4. The van der Waals surface area contributed by atoms with Crippen molar-refractivity contribution >= 4 is 31.4 Å². The van der Waals surface area contributed by atoms with Crippen LogP contribution in [0.15, 0.2) is 29.2 Å². The number of rotatable bonds is 4. The fourth-order valence-corrected chi connectivity index (χ4v) is 6.63. The first-order valence-corrected chi connectivity index (χ1v) is 9.48. The molecule has 114 valence electrons. The van der Waals surface area contributed by atoms with Crippen molar-refractivity contribution in [2.24, 2.45) is 0 Å². The zero-order valence-electron chi connectivity index (χ0n) is 12.3. The zero-order valence-corrected chi connectivity index (χ0v) is 13.9. The summed E-state index contributed by atoms with van der Waals surface area (Å²) in [7, 11) is -1.57. The summed E-state index contributed by atoms with van der Waals surface area (Å²) < 4.78 is 28.9. The molecule has 1 saturated heterocycles. The summed E-state index contributed by atoms with van der Waals surface area (Å²) in [5, 5.41) is 3.94. The van der Waals surface area contributed by atoms with E-state index in [2.05, 4.69) is 5.32 Å². The van der Waals surface area contributed by atoms with Crippen LogP contribution < -0.4 is 5.32 Å². The van der Waals surface area contributed by atoms with Crippen LogP contribution in [-0.4, -0.2) is 32.4 Å². The van der Waals surface area contributed by atoms with Crippen LogP contribution in [0.2, 0.25) is 0 Å². The summed E-state index contributed by atoms with van der Waals surface area (Å²) in [5.41, 5.74) is 0. The lowest BCUT2D eigenvalue weighted by molar-refractivity contribution is 0.408. The predicted molar refractivity (Wildman–Crippen MR) is 87.2 cm³/mol. The van der Waals surface area contributed by atoms with Crippen LogP contribution in [0.3, 0.4) is 0 Å². The summed E-state index contributed by atoms with van der Waals surface area (Å²) in [5.74, 6) is 0. The van der Waals surface area contributed by atoms with E-state index in [-0.39, 0.29) is 6.04 Å². The Kier molecular flexibility index (Phi) is 4.05. The molecule has 1 aliphatic rings. The van der Waals surface area contributed by atoms with Gasteiger partial charge in [-0.1, -0.05) is 18.2 Å². The number of benzene rings is 1. The largest absolute Gasteiger partial charge is 0.315 e. The van der Waals surface area contributed by atoms with E-state index in [1.807, 2.05) is 38.2 Å². The Morgan fingerprint density at radius 2 is 2.14 bits per heavy atom. The van der Waals surface area contributed by atoms with Gasteiger partial charge in [-0.3, -0.25) is 0 Å². The summed E-state index contributed by atoms with van der Waals surface area (Å²) in [4.78, 5) is 1.41. The Morgan fingerprint density at radius 3 is 2.81 bits per heavy atom. The number of sulfonamides is 1. The van der Waals surface area contributed by atoms with Gasteiger partial charge in [0.25, 0.3) is 0 Å². The molecule has 1 atom stereocenters. The Balaban J connectivity index is 2.20. The molecule has 0 saturated carbocycles. The minimum Gasteiger partial charge on any atom is -0.315 e. The molecule has 1 aromatic carbocycles. The molecule has 3 rings (SSSR count). The first kappa shape index (κ1) is 15.0. The number of thiophene rings is 1. The molecule has 0 radical (unpaired) electrons. The van der Waals surface area contributed by atoms with Crippen molar-refractivity contribution in [1.82, 2.24) is 9.62 Å². The average Bonchev–Trinajstić information content (AvgIpc) is 3.02. The standard InChI is InChI=1S/C15H20N2O2S2/c1-11-6-5-9-17(11)21(18,19)15-12-7-3-4-8-13(12)20-14(15)10-16-2/h3-4,7-8,11,16H,5-6,9-10H2,1-2H3. The van der Waals surface area contributed by atoms with Gasteiger partial charge < -0.3 is 5.32 Å². The van der Waals surface area contributed by atoms with Crippen molar-refractivity contribution < 1.29 is 8.42 Å². The summed E-state index contributed by atoms with van der Waals surface area (Å²) in [6, 6.07) is 7.86. The molecule has 2 heterocycles. The van der Waals surface area contributed by atoms with Crippen LogP contribution in [0.25, 0.3) is 10.1 Å². The van der Waals surface area contributed by atoms with Crippen molar-refractivity contribution in [3.8, 4) is 0 Å². The van der Waals surface area contributed by atoms with Crippen molar-refractivity contribution in [2.45, 2.75) is 37.2 Å². The lowest BCUT2D eigenvalue weighted by Crippen LogP contribution is -2.34. The molecule has 0 bridgehead atoms. The third-order valence-electron chi connectivity index (χ3n) is 4.01. The van der Waals surface area contributed by atoms with E-state index in [0.717, 1.165) is 27.8 Å². The van der Waals surface area contributed by atoms with E-state index in [1.54, 1.807) is 15.6 Å². The predicted octanol–water partition coefficient (Wildman–Crippen LogP) is 2.79. The lowest BCUT2D eigenvalue weighted by atomic mass is 10.2. The minimum absolute atomic E-state index is 0.0936. The van der Waals surface area contributed by atoms with Gasteiger partial charge in [-0.15, -0.1) is 11.3 Å². The van der Waals surface area contributed by atoms with Gasteiger partial charge in [-0.25, -0.2) is 8.42 Å². The SMILES string of the molecule is CNCc1sc2ccccc2c1S(=O)(=O)N1CCCC1C. The highest BCUT2D eigenvalue weighted by molar-refractivity contribution is 7.89. The molecule has 1 fully saturated rings. The first-order chi connectivity index (χ1) is 10.1. The van der Waals surface area contributed by atoms with E-state index >= 15 is 0 Å². The maximum Gasteiger partial charge on any atom is 0.245 e. The van der Waals surface area contributed by atoms with Crippen molar-refractivity contribution in [2.75, 3.05) is 13.6 Å². The minimum atomic E-state index is -3.42. The second-order valence-electron chi connectivity index (χ2n) is 5.49. The Labute approximate surface area is 129 Å². The second kappa shape index (κ2) is 5.68. The number of hydrogen-bond acceptors (Lipinski definition) is 4. The highest BCUT2D eigenvalue weighted by Crippen LogP contribution is 2.38. The van der Waals surface area contributed by atoms with Crippen molar-refractivity contribution in [3.05, 3.63) is 29.1 Å². The monoisotopic (exact) mass is 324 g/mol. The molecule has 4 nitrogen and oxygen atoms in total. The quantitative estimate of drug-likeness (QED) is 0.941. The third kappa shape index (κ3) is 2.50. The molecule has 0 amide bonds. The molecule has 21 heavy (non-hydrogen) atoms. The second-order valence-corrected chi connectivity index (χ2v) is 8.45. The third-order valence-corrected chi connectivity index (χ3v) is 7.46. The number of hydrogen-bond donors (Lipinski definition) is 1. The maximum absolute atomic E-state index is 13.1. The van der Waals surface area contributed by atoms with Crippen molar-refractivity contribution in [3.63, 3.8) is 0 Å². The van der Waals surface area contributed by atoms with Gasteiger partial charge in [0.2, 0.25) is 10.0 Å². The van der Waals surface area contributed by atoms with Gasteiger partial charge in [-0.2, -0.15) is 4.31 Å². The first-order valence-electron chi connectivity index (χ1n) is 7.22. The molecule has 0 spiro atoms. The van der Waals surface area contributed by atoms with E-state index in [0.29, 0.717) is 18.0 Å². The fourth-order valence-electron chi connectivity index (χ4n) is 3.01. The van der Waals surface area contributed by atoms with E-state index < -0.39 is 10.0 Å². The summed E-state index contributed by atoms with van der Waals surface area (Å²) in [6.45, 7) is 3.21. The highest BCUT2D eigenvalue weighted by Gasteiger charge is 2.35. The van der Waals surface area contributed by atoms with Gasteiger partial charge in [-0.05, 0) is 32.9 Å². The Bertz CT molecular complexity index is 752. The maximum atomic E-state index is 13.1. The number of nitrogens with zero attached hydrogens (tertiary/aromatic N) is 1. The number of nitrogens with one attached hydrogen (secondary N) is 1. The molecule has 2 aromatic rings. The Morgan fingerprint density at radius 1 is 1.38 bits per heavy atom. The van der Waals surface area contributed by atoms with Crippen molar-refractivity contribution in [1.29, 1.82) is 0 Å².